The first-order valence-corrected chi connectivity index (χ1v) is 6.17. The highest BCUT2D eigenvalue weighted by atomic mass is 16.5. The fourth-order valence-corrected chi connectivity index (χ4v) is 1.62. The molecule has 2 N–H and O–H groups in total. The van der Waals surface area contributed by atoms with Gasteiger partial charge in [-0.15, -0.1) is 0 Å². The third-order valence-corrected chi connectivity index (χ3v) is 3.04. The standard InChI is InChI=1S/C14H22O3/c1-4-17-14-9-12(7-8-13(14)16)6-5-10(2)11(3)15/h7-11,15-16H,4-6H2,1-3H3/t10-,11?/m0/s1. The zero-order valence-corrected chi connectivity index (χ0v) is 10.8. The van der Waals surface area contributed by atoms with Crippen LogP contribution in [0.15, 0.2) is 18.2 Å². The van der Waals surface area contributed by atoms with Crippen molar-refractivity contribution in [2.75, 3.05) is 6.61 Å². The van der Waals surface area contributed by atoms with Gasteiger partial charge < -0.3 is 14.9 Å². The summed E-state index contributed by atoms with van der Waals surface area (Å²) >= 11 is 0. The van der Waals surface area contributed by atoms with Crippen LogP contribution in [0.1, 0.15) is 32.8 Å². The average Bonchev–Trinajstić information content (AvgIpc) is 2.29. The first-order chi connectivity index (χ1) is 8.04. The van der Waals surface area contributed by atoms with Crippen LogP contribution in [-0.4, -0.2) is 22.9 Å². The summed E-state index contributed by atoms with van der Waals surface area (Å²) in [5, 5.41) is 19.0. The monoisotopic (exact) mass is 238 g/mol. The van der Waals surface area contributed by atoms with Gasteiger partial charge in [0.15, 0.2) is 11.5 Å². The molecule has 1 aromatic carbocycles. The van der Waals surface area contributed by atoms with E-state index < -0.39 is 0 Å². The van der Waals surface area contributed by atoms with Gasteiger partial charge in [0.2, 0.25) is 0 Å². The van der Waals surface area contributed by atoms with E-state index in [0.29, 0.717) is 12.4 Å². The lowest BCUT2D eigenvalue weighted by Gasteiger charge is -2.14. The van der Waals surface area contributed by atoms with E-state index in [-0.39, 0.29) is 17.8 Å². The molecule has 0 radical (unpaired) electrons. The van der Waals surface area contributed by atoms with Gasteiger partial charge in [-0.25, -0.2) is 0 Å². The van der Waals surface area contributed by atoms with Crippen molar-refractivity contribution in [2.45, 2.75) is 39.7 Å². The molecular weight excluding hydrogens is 216 g/mol. The summed E-state index contributed by atoms with van der Waals surface area (Å²) in [6.45, 7) is 6.28. The molecule has 3 nitrogen and oxygen atoms in total. The van der Waals surface area contributed by atoms with Gasteiger partial charge in [-0.3, -0.25) is 0 Å². The summed E-state index contributed by atoms with van der Waals surface area (Å²) in [6.07, 6.45) is 1.53. The Balaban J connectivity index is 2.62. The second-order valence-corrected chi connectivity index (χ2v) is 4.49. The lowest BCUT2D eigenvalue weighted by atomic mass is 9.97. The SMILES string of the molecule is CCOc1cc(CC[C@H](C)C(C)O)ccc1O. The minimum Gasteiger partial charge on any atom is -0.504 e. The number of hydrogen-bond acceptors (Lipinski definition) is 3. The van der Waals surface area contributed by atoms with E-state index in [1.807, 2.05) is 32.9 Å². The number of hydrogen-bond donors (Lipinski definition) is 2. The molecule has 1 aromatic rings. The number of rotatable bonds is 6. The summed E-state index contributed by atoms with van der Waals surface area (Å²) in [6, 6.07) is 5.42. The molecule has 0 fully saturated rings. The van der Waals surface area contributed by atoms with Crippen LogP contribution >= 0.6 is 0 Å². The molecule has 0 aliphatic heterocycles. The predicted octanol–water partition coefficient (Wildman–Crippen LogP) is 2.74. The largest absolute Gasteiger partial charge is 0.504 e. The normalized spacial score (nSPS) is 14.4. The van der Waals surface area contributed by atoms with Crippen LogP contribution in [0.4, 0.5) is 0 Å². The summed E-state index contributed by atoms with van der Waals surface area (Å²) in [7, 11) is 0. The Morgan fingerprint density at radius 1 is 1.29 bits per heavy atom. The Kier molecular flexibility index (Phi) is 5.29. The number of aliphatic hydroxyl groups is 1. The topological polar surface area (TPSA) is 49.7 Å². The van der Waals surface area contributed by atoms with Gasteiger partial charge in [0.1, 0.15) is 0 Å². The number of aromatic hydroxyl groups is 1. The van der Waals surface area contributed by atoms with E-state index in [9.17, 15) is 10.2 Å². The van der Waals surface area contributed by atoms with Gasteiger partial charge in [0.05, 0.1) is 12.7 Å². The predicted molar refractivity (Wildman–Crippen MR) is 68.4 cm³/mol. The van der Waals surface area contributed by atoms with Gasteiger partial charge in [-0.1, -0.05) is 13.0 Å². The molecule has 0 bridgehead atoms. The molecule has 0 heterocycles. The van der Waals surface area contributed by atoms with Crippen LogP contribution in [0.5, 0.6) is 11.5 Å². The van der Waals surface area contributed by atoms with Crippen molar-refractivity contribution in [3.63, 3.8) is 0 Å². The molecular formula is C14H22O3. The summed E-state index contributed by atoms with van der Waals surface area (Å²) in [5.41, 5.74) is 1.12. The van der Waals surface area contributed by atoms with Crippen LogP contribution in [-0.2, 0) is 6.42 Å². The van der Waals surface area contributed by atoms with Gasteiger partial charge in [-0.05, 0) is 50.3 Å². The van der Waals surface area contributed by atoms with Gasteiger partial charge in [-0.2, -0.15) is 0 Å². The first-order valence-electron chi connectivity index (χ1n) is 6.17. The van der Waals surface area contributed by atoms with Crippen LogP contribution < -0.4 is 4.74 Å². The second-order valence-electron chi connectivity index (χ2n) is 4.49. The molecule has 0 saturated heterocycles. The van der Waals surface area contributed by atoms with E-state index in [2.05, 4.69) is 0 Å². The third kappa shape index (κ3) is 4.27. The molecule has 96 valence electrons. The zero-order valence-electron chi connectivity index (χ0n) is 10.8. The summed E-state index contributed by atoms with van der Waals surface area (Å²) in [4.78, 5) is 0. The Hall–Kier alpha value is -1.22. The van der Waals surface area contributed by atoms with Crippen molar-refractivity contribution in [2.24, 2.45) is 5.92 Å². The van der Waals surface area contributed by atoms with Gasteiger partial charge in [0.25, 0.3) is 0 Å². The molecule has 17 heavy (non-hydrogen) atoms. The molecule has 2 atom stereocenters. The Morgan fingerprint density at radius 3 is 2.59 bits per heavy atom. The van der Waals surface area contributed by atoms with Crippen LogP contribution in [0.25, 0.3) is 0 Å². The van der Waals surface area contributed by atoms with Crippen molar-refractivity contribution < 1.29 is 14.9 Å². The Morgan fingerprint density at radius 2 is 2.00 bits per heavy atom. The van der Waals surface area contributed by atoms with E-state index in [0.717, 1.165) is 18.4 Å². The maximum absolute atomic E-state index is 9.57. The number of phenols is 1. The number of phenolic OH excluding ortho intramolecular Hbond substituents is 1. The minimum atomic E-state index is -0.279. The fourth-order valence-electron chi connectivity index (χ4n) is 1.62. The average molecular weight is 238 g/mol. The molecule has 0 spiro atoms. The third-order valence-electron chi connectivity index (χ3n) is 3.04. The Labute approximate surface area is 103 Å². The van der Waals surface area contributed by atoms with Crippen molar-refractivity contribution in [3.8, 4) is 11.5 Å². The van der Waals surface area contributed by atoms with E-state index in [1.165, 1.54) is 0 Å². The van der Waals surface area contributed by atoms with Crippen LogP contribution in [0.2, 0.25) is 0 Å². The molecule has 0 amide bonds. The molecule has 3 heteroatoms. The smallest absolute Gasteiger partial charge is 0.161 e. The van der Waals surface area contributed by atoms with E-state index in [1.54, 1.807) is 6.07 Å². The molecule has 0 aliphatic rings. The first kappa shape index (κ1) is 13.8. The van der Waals surface area contributed by atoms with E-state index >= 15 is 0 Å². The number of aryl methyl sites for hydroxylation is 1. The molecule has 0 aliphatic carbocycles. The minimum absolute atomic E-state index is 0.180. The highest BCUT2D eigenvalue weighted by Crippen LogP contribution is 2.27. The van der Waals surface area contributed by atoms with Gasteiger partial charge in [0, 0.05) is 0 Å². The lowest BCUT2D eigenvalue weighted by Crippen LogP contribution is -2.13. The summed E-state index contributed by atoms with van der Waals surface area (Å²) < 4.78 is 5.33. The van der Waals surface area contributed by atoms with Crippen molar-refractivity contribution in [3.05, 3.63) is 23.8 Å². The second kappa shape index (κ2) is 6.50. The van der Waals surface area contributed by atoms with Crippen LogP contribution in [0, 0.1) is 5.92 Å². The number of benzene rings is 1. The highest BCUT2D eigenvalue weighted by molar-refractivity contribution is 5.41. The molecule has 1 rings (SSSR count). The van der Waals surface area contributed by atoms with E-state index in [4.69, 9.17) is 4.74 Å². The number of ether oxygens (including phenoxy) is 1. The quantitative estimate of drug-likeness (QED) is 0.801. The van der Waals surface area contributed by atoms with Crippen molar-refractivity contribution >= 4 is 0 Å². The van der Waals surface area contributed by atoms with Crippen molar-refractivity contribution in [1.82, 2.24) is 0 Å². The lowest BCUT2D eigenvalue weighted by molar-refractivity contribution is 0.130. The fraction of sp³-hybridized carbons (Fsp3) is 0.571. The maximum Gasteiger partial charge on any atom is 0.161 e. The Bertz CT molecular complexity index is 347. The maximum atomic E-state index is 9.57. The van der Waals surface area contributed by atoms with Crippen LogP contribution in [0.3, 0.4) is 0 Å². The highest BCUT2D eigenvalue weighted by Gasteiger charge is 2.10. The number of aliphatic hydroxyl groups excluding tert-OH is 1. The van der Waals surface area contributed by atoms with Gasteiger partial charge >= 0.3 is 0 Å². The van der Waals surface area contributed by atoms with Crippen molar-refractivity contribution in [1.29, 1.82) is 0 Å². The molecule has 1 unspecified atom stereocenters. The summed E-state index contributed by atoms with van der Waals surface area (Å²) in [5.74, 6) is 0.994. The zero-order chi connectivity index (χ0) is 12.8. The molecule has 0 aromatic heterocycles. The molecule has 0 saturated carbocycles.